The van der Waals surface area contributed by atoms with Crippen LogP contribution in [0.1, 0.15) is 41.4 Å². The number of hydrogen-bond acceptors (Lipinski definition) is 7. The van der Waals surface area contributed by atoms with Crippen molar-refractivity contribution in [1.82, 2.24) is 29.2 Å². The van der Waals surface area contributed by atoms with Gasteiger partial charge in [0.05, 0.1) is 17.4 Å². The minimum atomic E-state index is 0.324. The Morgan fingerprint density at radius 1 is 1.00 bits per heavy atom. The molecule has 3 aromatic heterocycles. The Labute approximate surface area is 218 Å². The third-order valence-corrected chi connectivity index (χ3v) is 7.83. The predicted octanol–water partition coefficient (Wildman–Crippen LogP) is 3.70. The van der Waals surface area contributed by atoms with Crippen LogP contribution in [-0.2, 0) is 19.4 Å². The summed E-state index contributed by atoms with van der Waals surface area (Å²) in [7, 11) is 2.19. The van der Waals surface area contributed by atoms with Gasteiger partial charge in [-0.05, 0) is 68.1 Å². The molecule has 0 saturated carbocycles. The number of imidazole rings is 1. The van der Waals surface area contributed by atoms with Gasteiger partial charge < -0.3 is 10.0 Å². The SMILES string of the molecule is CN(Cc1cn2c(N3CCN(CCc4ccc(O)cc4)CC3)nccc2n1)[C@H]1CCCc2cccnc21. The van der Waals surface area contributed by atoms with E-state index in [1.54, 1.807) is 12.1 Å². The van der Waals surface area contributed by atoms with E-state index < -0.39 is 0 Å². The normalized spacial score (nSPS) is 18.4. The molecular weight excluding hydrogens is 462 g/mol. The first kappa shape index (κ1) is 23.9. The summed E-state index contributed by atoms with van der Waals surface area (Å²) in [5.41, 5.74) is 5.88. The average Bonchev–Trinajstić information content (AvgIpc) is 3.35. The van der Waals surface area contributed by atoms with Gasteiger partial charge >= 0.3 is 0 Å². The molecule has 4 aromatic rings. The molecule has 1 fully saturated rings. The van der Waals surface area contributed by atoms with Gasteiger partial charge in [-0.2, -0.15) is 0 Å². The Balaban J connectivity index is 1.10. The van der Waals surface area contributed by atoms with Crippen molar-refractivity contribution in [3.8, 4) is 5.75 Å². The van der Waals surface area contributed by atoms with Crippen molar-refractivity contribution < 1.29 is 5.11 Å². The van der Waals surface area contributed by atoms with E-state index in [1.165, 1.54) is 23.2 Å². The summed E-state index contributed by atoms with van der Waals surface area (Å²) < 4.78 is 2.16. The van der Waals surface area contributed by atoms with E-state index in [0.29, 0.717) is 11.8 Å². The maximum absolute atomic E-state index is 9.49. The summed E-state index contributed by atoms with van der Waals surface area (Å²) in [4.78, 5) is 21.7. The van der Waals surface area contributed by atoms with E-state index in [0.717, 1.165) is 75.8 Å². The van der Waals surface area contributed by atoms with Crippen LogP contribution in [0.4, 0.5) is 5.95 Å². The van der Waals surface area contributed by atoms with E-state index in [2.05, 4.69) is 38.4 Å². The van der Waals surface area contributed by atoms with Gasteiger partial charge in [0, 0.05) is 57.9 Å². The van der Waals surface area contributed by atoms with E-state index >= 15 is 0 Å². The fraction of sp³-hybridized carbons (Fsp3) is 0.414. The van der Waals surface area contributed by atoms with Gasteiger partial charge in [0.25, 0.3) is 0 Å². The molecule has 0 unspecified atom stereocenters. The predicted molar refractivity (Wildman–Crippen MR) is 145 cm³/mol. The summed E-state index contributed by atoms with van der Waals surface area (Å²) in [5.74, 6) is 1.30. The Morgan fingerprint density at radius 3 is 2.68 bits per heavy atom. The summed E-state index contributed by atoms with van der Waals surface area (Å²) >= 11 is 0. The van der Waals surface area contributed by atoms with Crippen molar-refractivity contribution in [2.75, 3.05) is 44.7 Å². The number of hydrogen-bond donors (Lipinski definition) is 1. The zero-order valence-electron chi connectivity index (χ0n) is 21.5. The fourth-order valence-corrected chi connectivity index (χ4v) is 5.77. The van der Waals surface area contributed by atoms with Gasteiger partial charge in [0.15, 0.2) is 0 Å². The number of phenolic OH excluding ortho intramolecular Hbond substituents is 1. The van der Waals surface area contributed by atoms with Gasteiger partial charge in [0.2, 0.25) is 5.95 Å². The van der Waals surface area contributed by atoms with Crippen LogP contribution >= 0.6 is 0 Å². The first-order valence-corrected chi connectivity index (χ1v) is 13.4. The van der Waals surface area contributed by atoms with Crippen molar-refractivity contribution in [3.63, 3.8) is 0 Å². The maximum atomic E-state index is 9.49. The molecule has 0 spiro atoms. The van der Waals surface area contributed by atoms with E-state index in [9.17, 15) is 5.11 Å². The van der Waals surface area contributed by atoms with Crippen LogP contribution in [0.3, 0.4) is 0 Å². The largest absolute Gasteiger partial charge is 0.508 e. The average molecular weight is 498 g/mol. The minimum absolute atomic E-state index is 0.324. The molecule has 0 amide bonds. The molecule has 0 radical (unpaired) electrons. The second kappa shape index (κ2) is 10.5. The van der Waals surface area contributed by atoms with Crippen LogP contribution in [0.15, 0.2) is 61.1 Å². The van der Waals surface area contributed by atoms with Crippen molar-refractivity contribution in [1.29, 1.82) is 0 Å². The number of pyridine rings is 1. The summed E-state index contributed by atoms with van der Waals surface area (Å²) in [6, 6.07) is 14.1. The number of aryl methyl sites for hydroxylation is 1. The first-order chi connectivity index (χ1) is 18.1. The first-order valence-electron chi connectivity index (χ1n) is 13.4. The molecule has 1 aromatic carbocycles. The lowest BCUT2D eigenvalue weighted by Crippen LogP contribution is -2.47. The van der Waals surface area contributed by atoms with Gasteiger partial charge in [-0.25, -0.2) is 9.97 Å². The number of benzene rings is 1. The number of piperazine rings is 1. The molecule has 1 N–H and O–H groups in total. The molecule has 1 aliphatic heterocycles. The lowest BCUT2D eigenvalue weighted by molar-refractivity contribution is 0.206. The van der Waals surface area contributed by atoms with Gasteiger partial charge in [-0.15, -0.1) is 0 Å². The molecule has 192 valence electrons. The van der Waals surface area contributed by atoms with Crippen molar-refractivity contribution in [2.45, 2.75) is 38.3 Å². The number of phenols is 1. The van der Waals surface area contributed by atoms with Crippen molar-refractivity contribution in [2.24, 2.45) is 0 Å². The molecule has 1 saturated heterocycles. The summed E-state index contributed by atoms with van der Waals surface area (Å²) in [5, 5.41) is 9.49. The summed E-state index contributed by atoms with van der Waals surface area (Å²) in [6.07, 6.45) is 10.4. The number of aromatic nitrogens is 4. The van der Waals surface area contributed by atoms with E-state index in [1.807, 2.05) is 36.7 Å². The number of rotatable bonds is 7. The van der Waals surface area contributed by atoms with Crippen LogP contribution in [0.25, 0.3) is 5.65 Å². The van der Waals surface area contributed by atoms with Crippen LogP contribution in [0.5, 0.6) is 5.75 Å². The molecule has 6 rings (SSSR count). The minimum Gasteiger partial charge on any atom is -0.508 e. The number of anilines is 1. The maximum Gasteiger partial charge on any atom is 0.211 e. The zero-order chi connectivity index (χ0) is 25.2. The second-order valence-electron chi connectivity index (χ2n) is 10.3. The summed E-state index contributed by atoms with van der Waals surface area (Å²) in [6.45, 7) is 5.71. The molecule has 1 atom stereocenters. The quantitative estimate of drug-likeness (QED) is 0.417. The lowest BCUT2D eigenvalue weighted by Gasteiger charge is -2.35. The number of fused-ring (bicyclic) bond motifs is 2. The molecule has 37 heavy (non-hydrogen) atoms. The Morgan fingerprint density at radius 2 is 1.84 bits per heavy atom. The van der Waals surface area contributed by atoms with Crippen LogP contribution in [0.2, 0.25) is 0 Å². The van der Waals surface area contributed by atoms with E-state index in [4.69, 9.17) is 15.0 Å². The van der Waals surface area contributed by atoms with Crippen LogP contribution in [-0.4, -0.2) is 74.0 Å². The molecular formula is C29H35N7O. The van der Waals surface area contributed by atoms with Gasteiger partial charge in [-0.3, -0.25) is 19.2 Å². The Kier molecular flexibility index (Phi) is 6.76. The Hall–Kier alpha value is -3.49. The highest BCUT2D eigenvalue weighted by atomic mass is 16.3. The topological polar surface area (TPSA) is 73.0 Å². The number of nitrogens with zero attached hydrogens (tertiary/aromatic N) is 7. The Bertz CT molecular complexity index is 1340. The van der Waals surface area contributed by atoms with Crippen LogP contribution in [0, 0.1) is 0 Å². The highest BCUT2D eigenvalue weighted by molar-refractivity contribution is 5.48. The van der Waals surface area contributed by atoms with Crippen molar-refractivity contribution >= 4 is 11.6 Å². The molecule has 4 heterocycles. The zero-order valence-corrected chi connectivity index (χ0v) is 21.5. The monoisotopic (exact) mass is 497 g/mol. The lowest BCUT2D eigenvalue weighted by atomic mass is 9.91. The van der Waals surface area contributed by atoms with Gasteiger partial charge in [-0.1, -0.05) is 18.2 Å². The molecule has 2 aliphatic rings. The second-order valence-corrected chi connectivity index (χ2v) is 10.3. The molecule has 1 aliphatic carbocycles. The number of aromatic hydroxyl groups is 1. The highest BCUT2D eigenvalue weighted by Gasteiger charge is 2.26. The van der Waals surface area contributed by atoms with E-state index in [-0.39, 0.29) is 0 Å². The smallest absolute Gasteiger partial charge is 0.211 e. The third kappa shape index (κ3) is 5.17. The third-order valence-electron chi connectivity index (χ3n) is 7.83. The molecule has 0 bridgehead atoms. The van der Waals surface area contributed by atoms with Crippen molar-refractivity contribution in [3.05, 3.63) is 83.6 Å². The highest BCUT2D eigenvalue weighted by Crippen LogP contribution is 2.32. The molecule has 8 heteroatoms. The van der Waals surface area contributed by atoms with Crippen LogP contribution < -0.4 is 4.90 Å². The van der Waals surface area contributed by atoms with Gasteiger partial charge in [0.1, 0.15) is 11.4 Å². The molecule has 8 nitrogen and oxygen atoms in total. The fourth-order valence-electron chi connectivity index (χ4n) is 5.77. The standard InChI is InChI=1S/C29H35N7O/c1-33(26-6-2-4-23-5-3-13-30-28(23)26)20-24-21-36-27(32-24)11-14-31-29(36)35-18-16-34(17-19-35)15-12-22-7-9-25(37)10-8-22/h3,5,7-11,13-14,21,26,37H,2,4,6,12,15-20H2,1H3/t26-/m0/s1.